The van der Waals surface area contributed by atoms with Crippen LogP contribution in [0.4, 0.5) is 11.5 Å². The summed E-state index contributed by atoms with van der Waals surface area (Å²) in [5.74, 6) is 1.08. The maximum absolute atomic E-state index is 9.90. The largest absolute Gasteiger partial charge is 0.339 e. The zero-order chi connectivity index (χ0) is 19.3. The normalized spacial score (nSPS) is 10.3. The summed E-state index contributed by atoms with van der Waals surface area (Å²) in [4.78, 5) is 9.43. The molecule has 0 unspecified atom stereocenters. The molecule has 4 nitrogen and oxygen atoms in total. The highest BCUT2D eigenvalue weighted by Gasteiger charge is 2.17. The van der Waals surface area contributed by atoms with Gasteiger partial charge in [-0.05, 0) is 18.6 Å². The molecule has 4 heteroatoms. The highest BCUT2D eigenvalue weighted by Crippen LogP contribution is 2.31. The van der Waals surface area contributed by atoms with Crippen molar-refractivity contribution in [2.45, 2.75) is 6.92 Å². The van der Waals surface area contributed by atoms with Crippen LogP contribution in [-0.4, -0.2) is 9.97 Å². The fourth-order valence-electron chi connectivity index (χ4n) is 3.02. The Morgan fingerprint density at radius 1 is 0.750 bits per heavy atom. The van der Waals surface area contributed by atoms with Crippen molar-refractivity contribution in [3.8, 4) is 28.7 Å². The Kier molecular flexibility index (Phi) is 4.81. The summed E-state index contributed by atoms with van der Waals surface area (Å²) in [5.41, 5.74) is 4.81. The number of nitrogens with one attached hydrogen (secondary N) is 1. The first-order valence-corrected chi connectivity index (χ1v) is 9.02. The minimum atomic E-state index is 0.425. The van der Waals surface area contributed by atoms with Crippen LogP contribution in [0.2, 0.25) is 0 Å². The third-order valence-corrected chi connectivity index (χ3v) is 4.50. The van der Waals surface area contributed by atoms with Gasteiger partial charge >= 0.3 is 0 Å². The maximum Gasteiger partial charge on any atom is 0.162 e. The molecule has 0 aliphatic rings. The Bertz CT molecular complexity index is 1150. The fourth-order valence-corrected chi connectivity index (χ4v) is 3.02. The molecule has 0 saturated carbocycles. The van der Waals surface area contributed by atoms with Gasteiger partial charge in [0.1, 0.15) is 11.6 Å². The molecule has 3 aromatic carbocycles. The van der Waals surface area contributed by atoms with E-state index in [-0.39, 0.29) is 0 Å². The minimum Gasteiger partial charge on any atom is -0.339 e. The molecule has 0 spiro atoms. The highest BCUT2D eigenvalue weighted by molar-refractivity contribution is 5.78. The average Bonchev–Trinajstić information content (AvgIpc) is 2.76. The van der Waals surface area contributed by atoms with E-state index >= 15 is 0 Å². The number of aryl methyl sites for hydroxylation is 1. The van der Waals surface area contributed by atoms with Crippen LogP contribution < -0.4 is 5.32 Å². The summed E-state index contributed by atoms with van der Waals surface area (Å²) < 4.78 is 0. The molecule has 0 fully saturated rings. The summed E-state index contributed by atoms with van der Waals surface area (Å²) in [6, 6.07) is 29.8. The van der Waals surface area contributed by atoms with Crippen LogP contribution in [0.3, 0.4) is 0 Å². The second-order valence-corrected chi connectivity index (χ2v) is 6.40. The predicted octanol–water partition coefficient (Wildman–Crippen LogP) is 5.73. The van der Waals surface area contributed by atoms with Crippen molar-refractivity contribution >= 4 is 11.5 Å². The SMILES string of the molecule is Cc1ccccc1Nc1nc(-c2ccccc2)nc(-c2ccccc2)c1C#N. The molecule has 0 bridgehead atoms. The summed E-state index contributed by atoms with van der Waals surface area (Å²) in [6.07, 6.45) is 0. The molecule has 0 aliphatic carbocycles. The maximum atomic E-state index is 9.90. The molecule has 134 valence electrons. The summed E-state index contributed by atoms with van der Waals surface area (Å²) in [6.45, 7) is 2.02. The lowest BCUT2D eigenvalue weighted by molar-refractivity contribution is 1.16. The monoisotopic (exact) mass is 362 g/mol. The van der Waals surface area contributed by atoms with Gasteiger partial charge in [-0.1, -0.05) is 78.9 Å². The lowest BCUT2D eigenvalue weighted by Gasteiger charge is -2.14. The van der Waals surface area contributed by atoms with Gasteiger partial charge in [0.05, 0.1) is 5.69 Å². The van der Waals surface area contributed by atoms with Crippen molar-refractivity contribution in [3.63, 3.8) is 0 Å². The Morgan fingerprint density at radius 3 is 2.00 bits per heavy atom. The zero-order valence-electron chi connectivity index (χ0n) is 15.4. The first kappa shape index (κ1) is 17.4. The number of nitrogens with zero attached hydrogens (tertiary/aromatic N) is 3. The molecule has 1 heterocycles. The second kappa shape index (κ2) is 7.73. The van der Waals surface area contributed by atoms with E-state index in [1.807, 2.05) is 91.9 Å². The van der Waals surface area contributed by atoms with E-state index in [1.54, 1.807) is 0 Å². The second-order valence-electron chi connectivity index (χ2n) is 6.40. The first-order chi connectivity index (χ1) is 13.8. The number of hydrogen-bond donors (Lipinski definition) is 1. The van der Waals surface area contributed by atoms with Gasteiger partial charge in [-0.15, -0.1) is 0 Å². The van der Waals surface area contributed by atoms with Gasteiger partial charge in [-0.2, -0.15) is 5.26 Å². The van der Waals surface area contributed by atoms with E-state index in [0.717, 1.165) is 22.4 Å². The molecule has 0 amide bonds. The molecule has 1 N–H and O–H groups in total. The highest BCUT2D eigenvalue weighted by atomic mass is 15.0. The van der Waals surface area contributed by atoms with Crippen molar-refractivity contribution in [1.82, 2.24) is 9.97 Å². The topological polar surface area (TPSA) is 61.6 Å². The van der Waals surface area contributed by atoms with Crippen molar-refractivity contribution in [3.05, 3.63) is 96.1 Å². The molecule has 0 saturated heterocycles. The number of nitriles is 1. The molecule has 4 aromatic rings. The number of hydrogen-bond acceptors (Lipinski definition) is 4. The van der Waals surface area contributed by atoms with E-state index in [2.05, 4.69) is 11.4 Å². The van der Waals surface area contributed by atoms with Gasteiger partial charge in [0, 0.05) is 16.8 Å². The molecule has 28 heavy (non-hydrogen) atoms. The number of aromatic nitrogens is 2. The van der Waals surface area contributed by atoms with Crippen LogP contribution >= 0.6 is 0 Å². The van der Waals surface area contributed by atoms with Gasteiger partial charge in [0.25, 0.3) is 0 Å². The molecular formula is C24H18N4. The lowest BCUT2D eigenvalue weighted by Crippen LogP contribution is -2.04. The lowest BCUT2D eigenvalue weighted by atomic mass is 10.1. The number of benzene rings is 3. The fraction of sp³-hybridized carbons (Fsp3) is 0.0417. The predicted molar refractivity (Wildman–Crippen MR) is 112 cm³/mol. The standard InChI is InChI=1S/C24H18N4/c1-17-10-8-9-15-21(17)26-24-20(16-25)22(18-11-4-2-5-12-18)27-23(28-24)19-13-6-3-7-14-19/h2-15H,1H3,(H,26,27,28). The number of rotatable bonds is 4. The van der Waals surface area contributed by atoms with Gasteiger partial charge in [0.15, 0.2) is 11.6 Å². The van der Waals surface area contributed by atoms with Gasteiger partial charge < -0.3 is 5.32 Å². The Hall–Kier alpha value is -3.97. The zero-order valence-corrected chi connectivity index (χ0v) is 15.4. The van der Waals surface area contributed by atoms with Crippen molar-refractivity contribution in [1.29, 1.82) is 5.26 Å². The van der Waals surface area contributed by atoms with E-state index in [0.29, 0.717) is 22.9 Å². The smallest absolute Gasteiger partial charge is 0.162 e. The summed E-state index contributed by atoms with van der Waals surface area (Å²) >= 11 is 0. The van der Waals surface area contributed by atoms with Crippen molar-refractivity contribution < 1.29 is 0 Å². The molecular weight excluding hydrogens is 344 g/mol. The van der Waals surface area contributed by atoms with E-state index in [4.69, 9.17) is 9.97 Å². The van der Waals surface area contributed by atoms with Gasteiger partial charge in [-0.3, -0.25) is 0 Å². The van der Waals surface area contributed by atoms with Crippen molar-refractivity contribution in [2.75, 3.05) is 5.32 Å². The number of anilines is 2. The van der Waals surface area contributed by atoms with E-state index in [1.165, 1.54) is 0 Å². The third-order valence-electron chi connectivity index (χ3n) is 4.50. The van der Waals surface area contributed by atoms with Crippen LogP contribution in [-0.2, 0) is 0 Å². The van der Waals surface area contributed by atoms with Crippen LogP contribution in [0.25, 0.3) is 22.6 Å². The van der Waals surface area contributed by atoms with Gasteiger partial charge in [0.2, 0.25) is 0 Å². The van der Waals surface area contributed by atoms with Crippen LogP contribution in [0.1, 0.15) is 11.1 Å². The quantitative estimate of drug-likeness (QED) is 0.503. The average molecular weight is 362 g/mol. The molecule has 0 atom stereocenters. The molecule has 0 aliphatic heterocycles. The number of para-hydroxylation sites is 1. The van der Waals surface area contributed by atoms with Gasteiger partial charge in [-0.25, -0.2) is 9.97 Å². The summed E-state index contributed by atoms with van der Waals surface area (Å²) in [7, 11) is 0. The van der Waals surface area contributed by atoms with Crippen LogP contribution in [0, 0.1) is 18.3 Å². The Morgan fingerprint density at radius 2 is 1.36 bits per heavy atom. The van der Waals surface area contributed by atoms with E-state index < -0.39 is 0 Å². The molecule has 1 aromatic heterocycles. The van der Waals surface area contributed by atoms with E-state index in [9.17, 15) is 5.26 Å². The van der Waals surface area contributed by atoms with Crippen LogP contribution in [0.15, 0.2) is 84.9 Å². The Labute approximate surface area is 164 Å². The first-order valence-electron chi connectivity index (χ1n) is 9.02. The molecule has 0 radical (unpaired) electrons. The Balaban J connectivity index is 1.93. The minimum absolute atomic E-state index is 0.425. The van der Waals surface area contributed by atoms with Crippen LogP contribution in [0.5, 0.6) is 0 Å². The molecule has 4 rings (SSSR count). The summed E-state index contributed by atoms with van der Waals surface area (Å²) in [5, 5.41) is 13.2. The van der Waals surface area contributed by atoms with Crippen molar-refractivity contribution in [2.24, 2.45) is 0 Å². The third kappa shape index (κ3) is 3.46.